The topological polar surface area (TPSA) is 50.4 Å². The van der Waals surface area contributed by atoms with Crippen LogP contribution in [0.2, 0.25) is 0 Å². The van der Waals surface area contributed by atoms with Gasteiger partial charge in [0.25, 0.3) is 0 Å². The summed E-state index contributed by atoms with van der Waals surface area (Å²) in [5.74, 6) is 0. The van der Waals surface area contributed by atoms with Crippen LogP contribution in [0.5, 0.6) is 0 Å². The molecule has 0 aromatic carbocycles. The lowest BCUT2D eigenvalue weighted by molar-refractivity contribution is 0.0809. The van der Waals surface area contributed by atoms with Crippen LogP contribution in [0.1, 0.15) is 26.7 Å². The molecule has 4 heteroatoms. The van der Waals surface area contributed by atoms with Crippen LogP contribution in [0.3, 0.4) is 0 Å². The first-order chi connectivity index (χ1) is 6.18. The number of alkyl carbamates (subject to hydrolysis) is 1. The fourth-order valence-corrected chi connectivity index (χ4v) is 1.34. The lowest BCUT2D eigenvalue weighted by Crippen LogP contribution is -2.40. The summed E-state index contributed by atoms with van der Waals surface area (Å²) in [6.45, 7) is 5.65. The van der Waals surface area contributed by atoms with Crippen LogP contribution < -0.4 is 10.6 Å². The van der Waals surface area contributed by atoms with E-state index in [2.05, 4.69) is 10.6 Å². The molecule has 0 aromatic rings. The van der Waals surface area contributed by atoms with Crippen molar-refractivity contribution in [2.45, 2.75) is 38.8 Å². The lowest BCUT2D eigenvalue weighted by atomic mass is 10.1. The lowest BCUT2D eigenvalue weighted by Gasteiger charge is -2.23. The second-order valence-corrected chi connectivity index (χ2v) is 3.67. The van der Waals surface area contributed by atoms with E-state index in [4.69, 9.17) is 4.74 Å². The summed E-state index contributed by atoms with van der Waals surface area (Å²) in [5.41, 5.74) is 0. The molecule has 1 heterocycles. The van der Waals surface area contributed by atoms with Crippen molar-refractivity contribution in [2.75, 3.05) is 13.1 Å². The summed E-state index contributed by atoms with van der Waals surface area (Å²) >= 11 is 0. The molecular formula is C9H18N2O2. The number of hydrogen-bond acceptors (Lipinski definition) is 3. The molecule has 0 spiro atoms. The molecule has 13 heavy (non-hydrogen) atoms. The highest BCUT2D eigenvalue weighted by atomic mass is 16.6. The van der Waals surface area contributed by atoms with Gasteiger partial charge in [-0.25, -0.2) is 4.79 Å². The summed E-state index contributed by atoms with van der Waals surface area (Å²) in [7, 11) is 0. The van der Waals surface area contributed by atoms with E-state index in [0.29, 0.717) is 0 Å². The first-order valence-electron chi connectivity index (χ1n) is 4.86. The Bertz CT molecular complexity index is 165. The summed E-state index contributed by atoms with van der Waals surface area (Å²) in [4.78, 5) is 11.2. The van der Waals surface area contributed by atoms with Gasteiger partial charge >= 0.3 is 6.09 Å². The highest BCUT2D eigenvalue weighted by molar-refractivity contribution is 5.67. The van der Waals surface area contributed by atoms with Crippen molar-refractivity contribution in [3.63, 3.8) is 0 Å². The van der Waals surface area contributed by atoms with Crippen LogP contribution in [0, 0.1) is 0 Å². The highest BCUT2D eigenvalue weighted by Gasteiger charge is 2.17. The Morgan fingerprint density at radius 2 is 2.38 bits per heavy atom. The summed E-state index contributed by atoms with van der Waals surface area (Å²) in [6.07, 6.45) is 1.80. The van der Waals surface area contributed by atoms with Crippen LogP contribution in [-0.4, -0.2) is 31.3 Å². The average Bonchev–Trinajstić information content (AvgIpc) is 2.04. The second kappa shape index (κ2) is 5.07. The van der Waals surface area contributed by atoms with Crippen molar-refractivity contribution < 1.29 is 9.53 Å². The van der Waals surface area contributed by atoms with Crippen molar-refractivity contribution >= 4 is 6.09 Å². The molecule has 1 amide bonds. The molecule has 76 valence electrons. The van der Waals surface area contributed by atoms with Crippen molar-refractivity contribution in [3.05, 3.63) is 0 Å². The first kappa shape index (κ1) is 10.3. The number of piperidine rings is 1. The van der Waals surface area contributed by atoms with Crippen LogP contribution in [0.25, 0.3) is 0 Å². The summed E-state index contributed by atoms with van der Waals surface area (Å²) in [6, 6.07) is 0.143. The summed E-state index contributed by atoms with van der Waals surface area (Å²) < 4.78 is 5.19. The zero-order valence-corrected chi connectivity index (χ0v) is 8.30. The minimum atomic E-state index is -0.302. The third-order valence-corrected chi connectivity index (χ3v) is 1.93. The van der Waals surface area contributed by atoms with E-state index in [1.807, 2.05) is 13.8 Å². The van der Waals surface area contributed by atoms with Gasteiger partial charge in [-0.1, -0.05) is 0 Å². The smallest absolute Gasteiger partial charge is 0.407 e. The Hall–Kier alpha value is -0.770. The standard InChI is InChI=1S/C9H18N2O2/c1-7(2)11-9(12)13-8-4-3-5-10-6-8/h7-8,10H,3-6H2,1-2H3,(H,11,12). The van der Waals surface area contributed by atoms with Crippen molar-refractivity contribution in [1.82, 2.24) is 10.6 Å². The van der Waals surface area contributed by atoms with Gasteiger partial charge in [-0.05, 0) is 33.2 Å². The molecule has 4 nitrogen and oxygen atoms in total. The minimum Gasteiger partial charge on any atom is -0.445 e. The molecule has 1 atom stereocenters. The van der Waals surface area contributed by atoms with Gasteiger partial charge in [-0.2, -0.15) is 0 Å². The fourth-order valence-electron chi connectivity index (χ4n) is 1.34. The van der Waals surface area contributed by atoms with Gasteiger partial charge in [0.1, 0.15) is 6.10 Å². The number of ether oxygens (including phenoxy) is 1. The fraction of sp³-hybridized carbons (Fsp3) is 0.889. The Balaban J connectivity index is 2.18. The average molecular weight is 186 g/mol. The largest absolute Gasteiger partial charge is 0.445 e. The number of rotatable bonds is 2. The Labute approximate surface area is 79.0 Å². The number of amides is 1. The van der Waals surface area contributed by atoms with Crippen LogP contribution in [0.4, 0.5) is 4.79 Å². The Morgan fingerprint density at radius 3 is 2.92 bits per heavy atom. The van der Waals surface area contributed by atoms with Crippen LogP contribution in [-0.2, 0) is 4.74 Å². The quantitative estimate of drug-likeness (QED) is 0.673. The Morgan fingerprint density at radius 1 is 1.62 bits per heavy atom. The van der Waals surface area contributed by atoms with Gasteiger partial charge in [0, 0.05) is 12.6 Å². The van der Waals surface area contributed by atoms with Crippen LogP contribution in [0.15, 0.2) is 0 Å². The second-order valence-electron chi connectivity index (χ2n) is 3.67. The molecule has 0 aromatic heterocycles. The predicted molar refractivity (Wildman–Crippen MR) is 50.6 cm³/mol. The molecule has 1 aliphatic rings. The molecule has 0 radical (unpaired) electrons. The normalized spacial score (nSPS) is 22.8. The van der Waals surface area contributed by atoms with Gasteiger partial charge in [0.05, 0.1) is 0 Å². The number of nitrogens with one attached hydrogen (secondary N) is 2. The minimum absolute atomic E-state index is 0.0486. The SMILES string of the molecule is CC(C)NC(=O)OC1CCCNC1. The van der Waals surface area contributed by atoms with E-state index >= 15 is 0 Å². The van der Waals surface area contributed by atoms with Gasteiger partial charge in [0.15, 0.2) is 0 Å². The zero-order valence-electron chi connectivity index (χ0n) is 8.30. The van der Waals surface area contributed by atoms with E-state index in [1.165, 1.54) is 0 Å². The number of hydrogen-bond donors (Lipinski definition) is 2. The van der Waals surface area contributed by atoms with E-state index < -0.39 is 0 Å². The molecule has 1 unspecified atom stereocenters. The molecular weight excluding hydrogens is 168 g/mol. The van der Waals surface area contributed by atoms with Gasteiger partial charge in [-0.3, -0.25) is 0 Å². The van der Waals surface area contributed by atoms with E-state index in [1.54, 1.807) is 0 Å². The zero-order chi connectivity index (χ0) is 9.68. The molecule has 2 N–H and O–H groups in total. The molecule has 1 aliphatic heterocycles. The predicted octanol–water partition coefficient (Wildman–Crippen LogP) is 0.873. The van der Waals surface area contributed by atoms with Crippen molar-refractivity contribution in [3.8, 4) is 0 Å². The van der Waals surface area contributed by atoms with Crippen LogP contribution >= 0.6 is 0 Å². The summed E-state index contributed by atoms with van der Waals surface area (Å²) in [5, 5.41) is 5.89. The van der Waals surface area contributed by atoms with Gasteiger partial charge in [-0.15, -0.1) is 0 Å². The third kappa shape index (κ3) is 4.12. The maximum absolute atomic E-state index is 11.2. The number of carbonyl (C=O) groups is 1. The molecule has 0 saturated carbocycles. The van der Waals surface area contributed by atoms with Crippen molar-refractivity contribution in [1.29, 1.82) is 0 Å². The van der Waals surface area contributed by atoms with Gasteiger partial charge in [0.2, 0.25) is 0 Å². The first-order valence-corrected chi connectivity index (χ1v) is 4.86. The monoisotopic (exact) mass is 186 g/mol. The maximum atomic E-state index is 11.2. The molecule has 1 rings (SSSR count). The van der Waals surface area contributed by atoms with E-state index in [0.717, 1.165) is 25.9 Å². The third-order valence-electron chi connectivity index (χ3n) is 1.93. The molecule has 1 saturated heterocycles. The van der Waals surface area contributed by atoms with Crippen molar-refractivity contribution in [2.24, 2.45) is 0 Å². The highest BCUT2D eigenvalue weighted by Crippen LogP contribution is 2.05. The molecule has 1 fully saturated rings. The maximum Gasteiger partial charge on any atom is 0.407 e. The number of carbonyl (C=O) groups excluding carboxylic acids is 1. The van der Waals surface area contributed by atoms with Gasteiger partial charge < -0.3 is 15.4 Å². The van der Waals surface area contributed by atoms with E-state index in [-0.39, 0.29) is 18.2 Å². The molecule has 0 bridgehead atoms. The molecule has 0 aliphatic carbocycles. The van der Waals surface area contributed by atoms with E-state index in [9.17, 15) is 4.79 Å². The Kier molecular flexibility index (Phi) is 4.02.